The summed E-state index contributed by atoms with van der Waals surface area (Å²) >= 11 is 0. The molecular formula is C14H27N5. The van der Waals surface area contributed by atoms with Gasteiger partial charge in [-0.3, -0.25) is 0 Å². The molecule has 5 nitrogen and oxygen atoms in total. The topological polar surface area (TPSA) is 75.9 Å². The molecule has 1 aromatic rings. The zero-order valence-corrected chi connectivity index (χ0v) is 12.4. The predicted molar refractivity (Wildman–Crippen MR) is 81.0 cm³/mol. The van der Waals surface area contributed by atoms with Gasteiger partial charge in [-0.1, -0.05) is 40.0 Å². The van der Waals surface area contributed by atoms with Crippen LogP contribution in [0.25, 0.3) is 0 Å². The summed E-state index contributed by atoms with van der Waals surface area (Å²) in [6, 6.07) is 0. The van der Waals surface area contributed by atoms with E-state index in [9.17, 15) is 0 Å². The molecule has 0 radical (unpaired) electrons. The van der Waals surface area contributed by atoms with E-state index in [-0.39, 0.29) is 0 Å². The molecule has 108 valence electrons. The summed E-state index contributed by atoms with van der Waals surface area (Å²) in [6.07, 6.45) is 7.21. The van der Waals surface area contributed by atoms with Crippen LogP contribution >= 0.6 is 0 Å². The Morgan fingerprint density at radius 2 is 1.95 bits per heavy atom. The first-order chi connectivity index (χ1) is 9.19. The molecule has 4 N–H and O–H groups in total. The minimum atomic E-state index is 0.724. The maximum Gasteiger partial charge on any atom is 0.148 e. The highest BCUT2D eigenvalue weighted by molar-refractivity contribution is 5.56. The van der Waals surface area contributed by atoms with Gasteiger partial charge in [-0.15, -0.1) is 0 Å². The van der Waals surface area contributed by atoms with Crippen molar-refractivity contribution in [2.24, 2.45) is 11.8 Å². The molecule has 0 saturated carbocycles. The third-order valence-corrected chi connectivity index (χ3v) is 3.08. The van der Waals surface area contributed by atoms with Crippen LogP contribution in [-0.4, -0.2) is 16.5 Å². The van der Waals surface area contributed by atoms with Gasteiger partial charge in [0, 0.05) is 12.1 Å². The molecule has 0 fully saturated rings. The average Bonchev–Trinajstić information content (AvgIpc) is 2.39. The second-order valence-corrected chi connectivity index (χ2v) is 5.26. The maximum atomic E-state index is 5.49. The van der Waals surface area contributed by atoms with Crippen LogP contribution in [0.2, 0.25) is 0 Å². The van der Waals surface area contributed by atoms with Crippen LogP contribution in [-0.2, 0) is 6.42 Å². The van der Waals surface area contributed by atoms with Gasteiger partial charge >= 0.3 is 0 Å². The summed E-state index contributed by atoms with van der Waals surface area (Å²) < 4.78 is 0. The van der Waals surface area contributed by atoms with Gasteiger partial charge in [0.05, 0.1) is 0 Å². The molecule has 1 aromatic heterocycles. The molecule has 0 aromatic carbocycles. The molecule has 0 bridgehead atoms. The molecule has 0 aliphatic carbocycles. The summed E-state index contributed by atoms with van der Waals surface area (Å²) in [7, 11) is 0. The van der Waals surface area contributed by atoms with Gasteiger partial charge in [0.15, 0.2) is 0 Å². The normalized spacial score (nSPS) is 10.8. The molecule has 0 unspecified atom stereocenters. The molecule has 1 rings (SSSR count). The van der Waals surface area contributed by atoms with Crippen molar-refractivity contribution in [3.63, 3.8) is 0 Å². The predicted octanol–water partition coefficient (Wildman–Crippen LogP) is 2.95. The molecule has 5 heteroatoms. The summed E-state index contributed by atoms with van der Waals surface area (Å²) in [4.78, 5) is 8.48. The van der Waals surface area contributed by atoms with E-state index < -0.39 is 0 Å². The molecular weight excluding hydrogens is 238 g/mol. The Bertz CT molecular complexity index is 365. The van der Waals surface area contributed by atoms with Gasteiger partial charge in [0.1, 0.15) is 18.0 Å². The average molecular weight is 265 g/mol. The number of nitrogen functional groups attached to an aromatic ring is 1. The monoisotopic (exact) mass is 265 g/mol. The number of rotatable bonds is 9. The van der Waals surface area contributed by atoms with E-state index in [1.165, 1.54) is 19.3 Å². The summed E-state index contributed by atoms with van der Waals surface area (Å²) in [5.74, 6) is 7.91. The Morgan fingerprint density at radius 3 is 2.58 bits per heavy atom. The number of anilines is 2. The van der Waals surface area contributed by atoms with Gasteiger partial charge in [-0.05, 0) is 18.8 Å². The number of hydrazine groups is 1. The van der Waals surface area contributed by atoms with Gasteiger partial charge in [-0.25, -0.2) is 15.8 Å². The van der Waals surface area contributed by atoms with Gasteiger partial charge in [0.2, 0.25) is 0 Å². The number of hydrogen-bond donors (Lipinski definition) is 3. The summed E-state index contributed by atoms with van der Waals surface area (Å²) in [6.45, 7) is 7.61. The van der Waals surface area contributed by atoms with Crippen molar-refractivity contribution in [2.45, 2.75) is 52.9 Å². The van der Waals surface area contributed by atoms with E-state index in [1.54, 1.807) is 6.33 Å². The molecule has 1 heterocycles. The lowest BCUT2D eigenvalue weighted by atomic mass is 10.1. The Balaban J connectivity index is 2.52. The SMILES string of the molecule is CCCc1c(NN)ncnc1NCCCCC(C)C. The third kappa shape index (κ3) is 5.42. The zero-order chi connectivity index (χ0) is 14.1. The first-order valence-electron chi connectivity index (χ1n) is 7.23. The van der Waals surface area contributed by atoms with Crippen molar-refractivity contribution in [3.8, 4) is 0 Å². The van der Waals surface area contributed by atoms with E-state index in [1.807, 2.05) is 0 Å². The Morgan fingerprint density at radius 1 is 1.21 bits per heavy atom. The summed E-state index contributed by atoms with van der Waals surface area (Å²) in [5, 5.41) is 3.40. The van der Waals surface area contributed by atoms with Crippen molar-refractivity contribution in [1.29, 1.82) is 0 Å². The first kappa shape index (κ1) is 15.7. The lowest BCUT2D eigenvalue weighted by molar-refractivity contribution is 0.544. The van der Waals surface area contributed by atoms with E-state index in [0.29, 0.717) is 0 Å². The first-order valence-corrected chi connectivity index (χ1v) is 7.23. The molecule has 0 aliphatic rings. The second kappa shape index (κ2) is 8.69. The van der Waals surface area contributed by atoms with Gasteiger partial charge in [0.25, 0.3) is 0 Å². The highest BCUT2D eigenvalue weighted by atomic mass is 15.3. The van der Waals surface area contributed by atoms with Crippen molar-refractivity contribution < 1.29 is 0 Å². The molecule has 0 aliphatic heterocycles. The third-order valence-electron chi connectivity index (χ3n) is 3.08. The Hall–Kier alpha value is -1.36. The minimum Gasteiger partial charge on any atom is -0.370 e. The van der Waals surface area contributed by atoms with Crippen LogP contribution in [0.5, 0.6) is 0 Å². The Kier molecular flexibility index (Phi) is 7.18. The highest BCUT2D eigenvalue weighted by Crippen LogP contribution is 2.20. The van der Waals surface area contributed by atoms with Crippen LogP contribution in [0.4, 0.5) is 11.6 Å². The number of hydrogen-bond acceptors (Lipinski definition) is 5. The van der Waals surface area contributed by atoms with Crippen molar-refractivity contribution >= 4 is 11.6 Å². The number of unbranched alkanes of at least 4 members (excludes halogenated alkanes) is 1. The molecule has 0 amide bonds. The van der Waals surface area contributed by atoms with Gasteiger partial charge < -0.3 is 10.7 Å². The van der Waals surface area contributed by atoms with Crippen LogP contribution < -0.4 is 16.6 Å². The quantitative estimate of drug-likeness (QED) is 0.363. The van der Waals surface area contributed by atoms with E-state index in [2.05, 4.69) is 41.5 Å². The lowest BCUT2D eigenvalue weighted by Crippen LogP contribution is -2.14. The van der Waals surface area contributed by atoms with Crippen molar-refractivity contribution in [1.82, 2.24) is 9.97 Å². The fourth-order valence-corrected chi connectivity index (χ4v) is 2.06. The molecule has 0 saturated heterocycles. The van der Waals surface area contributed by atoms with E-state index in [0.717, 1.165) is 42.5 Å². The number of aromatic nitrogens is 2. The Labute approximate surface area is 116 Å². The molecule has 0 atom stereocenters. The lowest BCUT2D eigenvalue weighted by Gasteiger charge is -2.13. The van der Waals surface area contributed by atoms with Crippen LogP contribution in [0.1, 0.15) is 52.0 Å². The van der Waals surface area contributed by atoms with E-state index in [4.69, 9.17) is 5.84 Å². The number of nitrogens with zero attached hydrogens (tertiary/aromatic N) is 2. The molecule has 0 spiro atoms. The highest BCUT2D eigenvalue weighted by Gasteiger charge is 2.09. The number of nitrogens with one attached hydrogen (secondary N) is 2. The van der Waals surface area contributed by atoms with Crippen LogP contribution in [0.15, 0.2) is 6.33 Å². The largest absolute Gasteiger partial charge is 0.370 e. The number of nitrogens with two attached hydrogens (primary N) is 1. The van der Waals surface area contributed by atoms with E-state index >= 15 is 0 Å². The van der Waals surface area contributed by atoms with Crippen molar-refractivity contribution in [2.75, 3.05) is 17.3 Å². The van der Waals surface area contributed by atoms with Crippen molar-refractivity contribution in [3.05, 3.63) is 11.9 Å². The smallest absolute Gasteiger partial charge is 0.148 e. The second-order valence-electron chi connectivity index (χ2n) is 5.26. The van der Waals surface area contributed by atoms with Gasteiger partial charge in [-0.2, -0.15) is 0 Å². The van der Waals surface area contributed by atoms with Crippen LogP contribution in [0.3, 0.4) is 0 Å². The maximum absolute atomic E-state index is 5.49. The zero-order valence-electron chi connectivity index (χ0n) is 12.4. The summed E-state index contributed by atoms with van der Waals surface area (Å²) in [5.41, 5.74) is 3.73. The standard InChI is InChI=1S/C14H27N5/c1-4-7-12-13(17-10-18-14(12)19-15)16-9-6-5-8-11(2)3/h10-11H,4-9,15H2,1-3H3,(H2,16,17,18,19). The van der Waals surface area contributed by atoms with Crippen LogP contribution in [0, 0.1) is 5.92 Å². The fraction of sp³-hybridized carbons (Fsp3) is 0.714. The fourth-order valence-electron chi connectivity index (χ4n) is 2.06. The molecule has 19 heavy (non-hydrogen) atoms. The minimum absolute atomic E-state index is 0.724.